The summed E-state index contributed by atoms with van der Waals surface area (Å²) in [6, 6.07) is 13.3. The number of benzene rings is 2. The largest absolute Gasteiger partial charge is 0.271 e. The molecule has 20 heavy (non-hydrogen) atoms. The molecule has 0 bridgehead atoms. The Balaban J connectivity index is 2.10. The molecular formula is C15H13ClN4. The van der Waals surface area contributed by atoms with Crippen LogP contribution in [0.15, 0.2) is 54.9 Å². The fourth-order valence-electron chi connectivity index (χ4n) is 2.23. The molecule has 100 valence electrons. The van der Waals surface area contributed by atoms with Crippen LogP contribution in [0.5, 0.6) is 0 Å². The molecule has 1 atom stereocenters. The van der Waals surface area contributed by atoms with Gasteiger partial charge in [-0.1, -0.05) is 35.9 Å². The Hall–Kier alpha value is -2.01. The van der Waals surface area contributed by atoms with E-state index < -0.39 is 0 Å². The lowest BCUT2D eigenvalue weighted by atomic mass is 9.99. The van der Waals surface area contributed by atoms with Crippen molar-refractivity contribution in [3.63, 3.8) is 0 Å². The van der Waals surface area contributed by atoms with Crippen molar-refractivity contribution in [3.05, 3.63) is 71.0 Å². The Kier molecular flexibility index (Phi) is 3.60. The number of rotatable bonds is 3. The van der Waals surface area contributed by atoms with Gasteiger partial charge in [-0.2, -0.15) is 0 Å². The van der Waals surface area contributed by atoms with Crippen LogP contribution in [0.25, 0.3) is 11.0 Å². The van der Waals surface area contributed by atoms with Crippen LogP contribution in [0.4, 0.5) is 0 Å². The van der Waals surface area contributed by atoms with Crippen molar-refractivity contribution in [2.24, 2.45) is 5.84 Å². The van der Waals surface area contributed by atoms with Crippen LogP contribution in [0.1, 0.15) is 17.2 Å². The van der Waals surface area contributed by atoms with Crippen LogP contribution in [0, 0.1) is 0 Å². The molecular weight excluding hydrogens is 272 g/mol. The normalized spacial score (nSPS) is 12.5. The Morgan fingerprint density at radius 1 is 1.00 bits per heavy atom. The zero-order valence-electron chi connectivity index (χ0n) is 10.6. The predicted molar refractivity (Wildman–Crippen MR) is 80.2 cm³/mol. The molecule has 3 rings (SSSR count). The second-order valence-electron chi connectivity index (χ2n) is 4.43. The van der Waals surface area contributed by atoms with E-state index in [0.717, 1.165) is 22.2 Å². The number of fused-ring (bicyclic) bond motifs is 1. The second-order valence-corrected chi connectivity index (χ2v) is 4.83. The first-order valence-corrected chi connectivity index (χ1v) is 6.58. The fraction of sp³-hybridized carbons (Fsp3) is 0.0667. The number of hydrogen-bond acceptors (Lipinski definition) is 4. The summed E-state index contributed by atoms with van der Waals surface area (Å²) < 4.78 is 0. The summed E-state index contributed by atoms with van der Waals surface area (Å²) in [6.45, 7) is 0. The van der Waals surface area contributed by atoms with Crippen molar-refractivity contribution in [2.75, 3.05) is 0 Å². The lowest BCUT2D eigenvalue weighted by Gasteiger charge is -2.18. The highest BCUT2D eigenvalue weighted by atomic mass is 35.5. The molecule has 0 aliphatic carbocycles. The van der Waals surface area contributed by atoms with Gasteiger partial charge < -0.3 is 0 Å². The maximum atomic E-state index is 6.24. The molecule has 3 N–H and O–H groups in total. The lowest BCUT2D eigenvalue weighted by Crippen LogP contribution is -2.29. The van der Waals surface area contributed by atoms with Crippen LogP contribution in [0.2, 0.25) is 5.02 Å². The highest BCUT2D eigenvalue weighted by Crippen LogP contribution is 2.28. The molecule has 0 amide bonds. The van der Waals surface area contributed by atoms with Crippen LogP contribution in [-0.4, -0.2) is 9.97 Å². The molecule has 0 fully saturated rings. The first-order valence-electron chi connectivity index (χ1n) is 6.21. The molecule has 2 aromatic carbocycles. The minimum atomic E-state index is -0.185. The van der Waals surface area contributed by atoms with Gasteiger partial charge in [-0.3, -0.25) is 15.8 Å². The third kappa shape index (κ3) is 2.36. The number of nitrogens with one attached hydrogen (secondary N) is 1. The average molecular weight is 285 g/mol. The smallest absolute Gasteiger partial charge is 0.0890 e. The molecule has 3 aromatic rings. The van der Waals surface area contributed by atoms with E-state index in [0.29, 0.717) is 5.02 Å². The van der Waals surface area contributed by atoms with Crippen molar-refractivity contribution in [2.45, 2.75) is 6.04 Å². The maximum absolute atomic E-state index is 6.24. The zero-order valence-corrected chi connectivity index (χ0v) is 11.4. The van der Waals surface area contributed by atoms with Gasteiger partial charge in [0.05, 0.1) is 17.1 Å². The van der Waals surface area contributed by atoms with E-state index in [1.807, 2.05) is 42.5 Å². The molecule has 5 heteroatoms. The highest BCUT2D eigenvalue weighted by Gasteiger charge is 2.15. The summed E-state index contributed by atoms with van der Waals surface area (Å²) in [7, 11) is 0. The van der Waals surface area contributed by atoms with Gasteiger partial charge in [0.2, 0.25) is 0 Å². The van der Waals surface area contributed by atoms with Crippen molar-refractivity contribution >= 4 is 22.6 Å². The predicted octanol–water partition coefficient (Wildman–Crippen LogP) is 2.84. The molecule has 0 saturated carbocycles. The Morgan fingerprint density at radius 3 is 2.50 bits per heavy atom. The van der Waals surface area contributed by atoms with Crippen molar-refractivity contribution in [1.29, 1.82) is 0 Å². The minimum absolute atomic E-state index is 0.185. The summed E-state index contributed by atoms with van der Waals surface area (Å²) in [5.74, 6) is 5.71. The summed E-state index contributed by atoms with van der Waals surface area (Å²) in [5, 5.41) is 0.676. The zero-order chi connectivity index (χ0) is 13.9. The minimum Gasteiger partial charge on any atom is -0.271 e. The Morgan fingerprint density at radius 2 is 1.75 bits per heavy atom. The van der Waals surface area contributed by atoms with E-state index in [9.17, 15) is 0 Å². The van der Waals surface area contributed by atoms with Gasteiger partial charge in [0, 0.05) is 17.4 Å². The molecule has 0 spiro atoms. The van der Waals surface area contributed by atoms with E-state index in [-0.39, 0.29) is 6.04 Å². The number of aromatic nitrogens is 2. The summed E-state index contributed by atoms with van der Waals surface area (Å²) in [4.78, 5) is 8.57. The van der Waals surface area contributed by atoms with Crippen LogP contribution >= 0.6 is 11.6 Å². The monoisotopic (exact) mass is 284 g/mol. The molecule has 1 aromatic heterocycles. The molecule has 1 heterocycles. The van der Waals surface area contributed by atoms with Gasteiger partial charge in [0.1, 0.15) is 0 Å². The number of nitrogens with two attached hydrogens (primary N) is 1. The van der Waals surface area contributed by atoms with Gasteiger partial charge in [-0.05, 0) is 29.3 Å². The number of halogens is 1. The van der Waals surface area contributed by atoms with E-state index in [1.54, 1.807) is 12.4 Å². The SMILES string of the molecule is NNC(c1ccc2nccnc2c1)c1ccccc1Cl. The summed E-state index contributed by atoms with van der Waals surface area (Å²) in [6.07, 6.45) is 3.35. The van der Waals surface area contributed by atoms with E-state index in [4.69, 9.17) is 17.4 Å². The van der Waals surface area contributed by atoms with Crippen molar-refractivity contribution in [3.8, 4) is 0 Å². The molecule has 0 aliphatic heterocycles. The summed E-state index contributed by atoms with van der Waals surface area (Å²) >= 11 is 6.24. The van der Waals surface area contributed by atoms with E-state index in [1.165, 1.54) is 0 Å². The molecule has 0 aliphatic rings. The van der Waals surface area contributed by atoms with Crippen LogP contribution < -0.4 is 11.3 Å². The molecule has 4 nitrogen and oxygen atoms in total. The Bertz CT molecular complexity index is 745. The number of hydrazine groups is 1. The van der Waals surface area contributed by atoms with Gasteiger partial charge in [0.15, 0.2) is 0 Å². The topological polar surface area (TPSA) is 63.8 Å². The third-order valence-corrected chi connectivity index (χ3v) is 3.55. The third-order valence-electron chi connectivity index (χ3n) is 3.21. The van der Waals surface area contributed by atoms with Gasteiger partial charge in [-0.15, -0.1) is 0 Å². The van der Waals surface area contributed by atoms with E-state index in [2.05, 4.69) is 15.4 Å². The first kappa shape index (κ1) is 13.0. The van der Waals surface area contributed by atoms with Crippen molar-refractivity contribution < 1.29 is 0 Å². The standard InChI is InChI=1S/C15H13ClN4/c16-12-4-2-1-3-11(12)15(20-17)10-5-6-13-14(9-10)19-8-7-18-13/h1-9,15,20H,17H2. The summed E-state index contributed by atoms with van der Waals surface area (Å²) in [5.41, 5.74) is 6.42. The second kappa shape index (κ2) is 5.54. The highest BCUT2D eigenvalue weighted by molar-refractivity contribution is 6.31. The lowest BCUT2D eigenvalue weighted by molar-refractivity contribution is 0.637. The van der Waals surface area contributed by atoms with Gasteiger partial charge in [0.25, 0.3) is 0 Å². The van der Waals surface area contributed by atoms with Gasteiger partial charge >= 0.3 is 0 Å². The Labute approximate surface area is 121 Å². The molecule has 0 saturated heterocycles. The molecule has 0 radical (unpaired) electrons. The average Bonchev–Trinajstić information content (AvgIpc) is 2.50. The molecule has 1 unspecified atom stereocenters. The number of nitrogens with zero attached hydrogens (tertiary/aromatic N) is 2. The van der Waals surface area contributed by atoms with E-state index >= 15 is 0 Å². The maximum Gasteiger partial charge on any atom is 0.0890 e. The van der Waals surface area contributed by atoms with Gasteiger partial charge in [-0.25, -0.2) is 5.43 Å². The van der Waals surface area contributed by atoms with Crippen LogP contribution in [-0.2, 0) is 0 Å². The quantitative estimate of drug-likeness (QED) is 0.573. The first-order chi connectivity index (χ1) is 9.79. The van der Waals surface area contributed by atoms with Crippen molar-refractivity contribution in [1.82, 2.24) is 15.4 Å². The van der Waals surface area contributed by atoms with Crippen LogP contribution in [0.3, 0.4) is 0 Å². The number of hydrogen-bond donors (Lipinski definition) is 2. The fourth-order valence-corrected chi connectivity index (χ4v) is 2.48.